The van der Waals surface area contributed by atoms with E-state index in [1.165, 1.54) is 11.1 Å². The lowest BCUT2D eigenvalue weighted by molar-refractivity contribution is -0.113. The van der Waals surface area contributed by atoms with Crippen LogP contribution >= 0.6 is 11.8 Å². The van der Waals surface area contributed by atoms with E-state index in [4.69, 9.17) is 0 Å². The molecule has 6 heteroatoms. The first kappa shape index (κ1) is 20.5. The van der Waals surface area contributed by atoms with Crippen molar-refractivity contribution in [3.8, 4) is 0 Å². The Hall–Kier alpha value is -3.25. The SMILES string of the molecule is Cc1ccc(CSCC(=O)Nc2cccc(NC(=O)Nc3ccccc3)c2)cc1. The highest BCUT2D eigenvalue weighted by atomic mass is 32.2. The fraction of sp³-hybridized carbons (Fsp3) is 0.130. The fourth-order valence-electron chi connectivity index (χ4n) is 2.63. The van der Waals surface area contributed by atoms with Crippen molar-refractivity contribution >= 4 is 40.8 Å². The topological polar surface area (TPSA) is 70.2 Å². The van der Waals surface area contributed by atoms with Gasteiger partial charge in [-0.15, -0.1) is 11.8 Å². The Balaban J connectivity index is 1.46. The van der Waals surface area contributed by atoms with Crippen LogP contribution in [0.2, 0.25) is 0 Å². The summed E-state index contributed by atoms with van der Waals surface area (Å²) in [6, 6.07) is 24.2. The second-order valence-corrected chi connectivity index (χ2v) is 7.54. The molecule has 0 heterocycles. The summed E-state index contributed by atoms with van der Waals surface area (Å²) in [5.41, 5.74) is 4.37. The molecule has 0 unspecified atom stereocenters. The summed E-state index contributed by atoms with van der Waals surface area (Å²) >= 11 is 1.56. The number of benzene rings is 3. The van der Waals surface area contributed by atoms with Crippen LogP contribution in [0.25, 0.3) is 0 Å². The number of urea groups is 1. The molecule has 3 aromatic rings. The lowest BCUT2D eigenvalue weighted by Gasteiger charge is -2.10. The van der Waals surface area contributed by atoms with E-state index in [1.54, 1.807) is 36.0 Å². The zero-order valence-corrected chi connectivity index (χ0v) is 17.0. The Bertz CT molecular complexity index is 959. The molecule has 0 saturated heterocycles. The Morgan fingerprint density at radius 3 is 2.10 bits per heavy atom. The molecule has 0 fully saturated rings. The van der Waals surface area contributed by atoms with Gasteiger partial charge in [0.05, 0.1) is 5.75 Å². The second kappa shape index (κ2) is 10.3. The first-order chi connectivity index (χ1) is 14.1. The van der Waals surface area contributed by atoms with Crippen LogP contribution < -0.4 is 16.0 Å². The van der Waals surface area contributed by atoms with Crippen molar-refractivity contribution in [2.45, 2.75) is 12.7 Å². The van der Waals surface area contributed by atoms with E-state index in [-0.39, 0.29) is 11.9 Å². The highest BCUT2D eigenvalue weighted by Crippen LogP contribution is 2.17. The highest BCUT2D eigenvalue weighted by molar-refractivity contribution is 7.99. The molecule has 0 aliphatic carbocycles. The normalized spacial score (nSPS) is 10.2. The Kier molecular flexibility index (Phi) is 7.30. The van der Waals surface area contributed by atoms with Crippen LogP contribution in [0.1, 0.15) is 11.1 Å². The van der Waals surface area contributed by atoms with Crippen molar-refractivity contribution in [3.05, 3.63) is 90.0 Å². The number of aryl methyl sites for hydroxylation is 1. The molecule has 5 nitrogen and oxygen atoms in total. The third-order valence-electron chi connectivity index (χ3n) is 4.06. The molecule has 3 amide bonds. The average Bonchev–Trinajstić information content (AvgIpc) is 2.70. The maximum atomic E-state index is 12.2. The van der Waals surface area contributed by atoms with Gasteiger partial charge in [0.25, 0.3) is 0 Å². The van der Waals surface area contributed by atoms with Crippen LogP contribution in [0.5, 0.6) is 0 Å². The first-order valence-corrected chi connectivity index (χ1v) is 10.4. The highest BCUT2D eigenvalue weighted by Gasteiger charge is 2.06. The van der Waals surface area contributed by atoms with Gasteiger partial charge in [0.2, 0.25) is 5.91 Å². The van der Waals surface area contributed by atoms with Crippen LogP contribution in [0.3, 0.4) is 0 Å². The van der Waals surface area contributed by atoms with Gasteiger partial charge < -0.3 is 16.0 Å². The molecule has 0 saturated carbocycles. The Morgan fingerprint density at radius 1 is 0.759 bits per heavy atom. The van der Waals surface area contributed by atoms with Crippen LogP contribution in [0.15, 0.2) is 78.9 Å². The first-order valence-electron chi connectivity index (χ1n) is 9.25. The molecule has 0 atom stereocenters. The summed E-state index contributed by atoms with van der Waals surface area (Å²) in [7, 11) is 0. The monoisotopic (exact) mass is 405 g/mol. The minimum Gasteiger partial charge on any atom is -0.325 e. The van der Waals surface area contributed by atoms with Gasteiger partial charge in [-0.1, -0.05) is 54.1 Å². The van der Waals surface area contributed by atoms with Gasteiger partial charge in [-0.3, -0.25) is 4.79 Å². The van der Waals surface area contributed by atoms with Gasteiger partial charge >= 0.3 is 6.03 Å². The third kappa shape index (κ3) is 7.01. The minimum atomic E-state index is -0.340. The largest absolute Gasteiger partial charge is 0.325 e. The number of hydrogen-bond acceptors (Lipinski definition) is 3. The van der Waals surface area contributed by atoms with Crippen molar-refractivity contribution in [1.82, 2.24) is 0 Å². The molecular formula is C23H23N3O2S. The molecule has 0 bridgehead atoms. The van der Waals surface area contributed by atoms with Crippen molar-refractivity contribution in [2.75, 3.05) is 21.7 Å². The Labute approximate surface area is 174 Å². The molecular weight excluding hydrogens is 382 g/mol. The third-order valence-corrected chi connectivity index (χ3v) is 5.06. The molecule has 0 aliphatic rings. The summed E-state index contributed by atoms with van der Waals surface area (Å²) in [4.78, 5) is 24.3. The molecule has 29 heavy (non-hydrogen) atoms. The van der Waals surface area contributed by atoms with E-state index < -0.39 is 0 Å². The van der Waals surface area contributed by atoms with Gasteiger partial charge in [0.15, 0.2) is 0 Å². The number of thioether (sulfide) groups is 1. The summed E-state index contributed by atoms with van der Waals surface area (Å²) < 4.78 is 0. The van der Waals surface area contributed by atoms with Crippen LogP contribution in [-0.4, -0.2) is 17.7 Å². The van der Waals surface area contributed by atoms with Crippen LogP contribution in [0.4, 0.5) is 21.9 Å². The predicted molar refractivity (Wildman–Crippen MR) is 121 cm³/mol. The standard InChI is InChI=1S/C23H23N3O2S/c1-17-10-12-18(13-11-17)15-29-16-22(27)24-20-8-5-9-21(14-20)26-23(28)25-19-6-3-2-4-7-19/h2-14H,15-16H2,1H3,(H,24,27)(H2,25,26,28). The van der Waals surface area contributed by atoms with Crippen LogP contribution in [-0.2, 0) is 10.5 Å². The Morgan fingerprint density at radius 2 is 1.38 bits per heavy atom. The van der Waals surface area contributed by atoms with Gasteiger partial charge in [-0.2, -0.15) is 0 Å². The quantitative estimate of drug-likeness (QED) is 0.485. The number of hydrogen-bond donors (Lipinski definition) is 3. The number of carbonyl (C=O) groups excluding carboxylic acids is 2. The molecule has 3 aromatic carbocycles. The maximum absolute atomic E-state index is 12.2. The summed E-state index contributed by atoms with van der Waals surface area (Å²) in [5.74, 6) is 1.07. The fourth-order valence-corrected chi connectivity index (χ4v) is 3.42. The van der Waals surface area contributed by atoms with Gasteiger partial charge in [-0.25, -0.2) is 4.79 Å². The zero-order chi connectivity index (χ0) is 20.5. The zero-order valence-electron chi connectivity index (χ0n) is 16.1. The van der Waals surface area contributed by atoms with Gasteiger partial charge in [-0.05, 0) is 42.8 Å². The van der Waals surface area contributed by atoms with E-state index in [1.807, 2.05) is 30.3 Å². The van der Waals surface area contributed by atoms with E-state index >= 15 is 0 Å². The molecule has 3 N–H and O–H groups in total. The number of para-hydroxylation sites is 1. The number of amides is 3. The molecule has 0 radical (unpaired) electrons. The van der Waals surface area contributed by atoms with Gasteiger partial charge in [0, 0.05) is 22.8 Å². The van der Waals surface area contributed by atoms with Crippen LogP contribution in [0, 0.1) is 6.92 Å². The smallest absolute Gasteiger partial charge is 0.323 e. The lowest BCUT2D eigenvalue weighted by Crippen LogP contribution is -2.19. The second-order valence-electron chi connectivity index (χ2n) is 6.55. The summed E-state index contributed by atoms with van der Waals surface area (Å²) in [6.45, 7) is 2.05. The van der Waals surface area contributed by atoms with E-state index in [2.05, 4.69) is 47.1 Å². The van der Waals surface area contributed by atoms with Crippen molar-refractivity contribution in [2.24, 2.45) is 0 Å². The molecule has 0 aliphatic heterocycles. The van der Waals surface area contributed by atoms with Crippen molar-refractivity contribution < 1.29 is 9.59 Å². The van der Waals surface area contributed by atoms with Gasteiger partial charge in [0.1, 0.15) is 0 Å². The number of carbonyl (C=O) groups is 2. The van der Waals surface area contributed by atoms with E-state index in [0.29, 0.717) is 22.8 Å². The molecule has 0 spiro atoms. The maximum Gasteiger partial charge on any atom is 0.323 e. The number of nitrogens with one attached hydrogen (secondary N) is 3. The van der Waals surface area contributed by atoms with Crippen molar-refractivity contribution in [1.29, 1.82) is 0 Å². The summed E-state index contributed by atoms with van der Waals surface area (Å²) in [5, 5.41) is 8.39. The molecule has 148 valence electrons. The van der Waals surface area contributed by atoms with E-state index in [0.717, 1.165) is 5.75 Å². The molecule has 0 aromatic heterocycles. The molecule has 3 rings (SSSR count). The minimum absolute atomic E-state index is 0.0759. The van der Waals surface area contributed by atoms with Crippen molar-refractivity contribution in [3.63, 3.8) is 0 Å². The lowest BCUT2D eigenvalue weighted by atomic mass is 10.2. The predicted octanol–water partition coefficient (Wildman–Crippen LogP) is 5.51. The number of anilines is 3. The average molecular weight is 406 g/mol. The van der Waals surface area contributed by atoms with E-state index in [9.17, 15) is 9.59 Å². The summed E-state index contributed by atoms with van der Waals surface area (Å²) in [6.07, 6.45) is 0. The number of rotatable bonds is 7.